The first kappa shape index (κ1) is 17.1. The number of hydrogen-bond acceptors (Lipinski definition) is 4. The fourth-order valence-electron chi connectivity index (χ4n) is 3.45. The number of amides is 1. The molecule has 0 N–H and O–H groups in total. The van der Waals surface area contributed by atoms with Crippen LogP contribution >= 0.6 is 0 Å². The molecule has 1 saturated heterocycles. The van der Waals surface area contributed by atoms with E-state index in [4.69, 9.17) is 0 Å². The van der Waals surface area contributed by atoms with Crippen molar-refractivity contribution in [2.45, 2.75) is 39.5 Å². The van der Waals surface area contributed by atoms with Crippen molar-refractivity contribution in [2.24, 2.45) is 5.41 Å². The van der Waals surface area contributed by atoms with Crippen molar-refractivity contribution in [3.05, 3.63) is 22.4 Å². The zero-order valence-corrected chi connectivity index (χ0v) is 14.4. The van der Waals surface area contributed by atoms with Gasteiger partial charge in [0.05, 0.1) is 5.57 Å². The second-order valence-electron chi connectivity index (χ2n) is 7.31. The van der Waals surface area contributed by atoms with E-state index >= 15 is 0 Å². The maximum Gasteiger partial charge on any atom is 0.255 e. The molecule has 5 heteroatoms. The molecule has 2 aliphatic rings. The summed E-state index contributed by atoms with van der Waals surface area (Å²) in [6.45, 7) is 6.15. The predicted octanol–water partition coefficient (Wildman–Crippen LogP) is 2.59. The van der Waals surface area contributed by atoms with Gasteiger partial charge in [0.2, 0.25) is 0 Å². The molecule has 0 atom stereocenters. The van der Waals surface area contributed by atoms with Crippen LogP contribution in [0.15, 0.2) is 22.4 Å². The summed E-state index contributed by atoms with van der Waals surface area (Å²) < 4.78 is 0. The lowest BCUT2D eigenvalue weighted by Crippen LogP contribution is -2.36. The lowest BCUT2D eigenvalue weighted by molar-refractivity contribution is -0.124. The number of carbonyl (C=O) groups is 1. The number of hydrogen-bond donors (Lipinski definition) is 0. The van der Waals surface area contributed by atoms with E-state index < -0.39 is 0 Å². The summed E-state index contributed by atoms with van der Waals surface area (Å²) >= 11 is 0. The Bertz CT molecular complexity index is 633. The highest BCUT2D eigenvalue weighted by Crippen LogP contribution is 2.45. The number of nitriles is 2. The van der Waals surface area contributed by atoms with Gasteiger partial charge in [0, 0.05) is 32.9 Å². The number of rotatable bonds is 2. The Hall–Kier alpha value is -2.27. The van der Waals surface area contributed by atoms with Crippen LogP contribution in [0.5, 0.6) is 0 Å². The molecule has 122 valence electrons. The van der Waals surface area contributed by atoms with Crippen molar-refractivity contribution in [1.29, 1.82) is 10.5 Å². The van der Waals surface area contributed by atoms with Gasteiger partial charge in [-0.2, -0.15) is 10.5 Å². The Labute approximate surface area is 138 Å². The summed E-state index contributed by atoms with van der Waals surface area (Å²) in [6, 6.07) is 3.98. The summed E-state index contributed by atoms with van der Waals surface area (Å²) in [5, 5.41) is 18.7. The summed E-state index contributed by atoms with van der Waals surface area (Å²) in [4.78, 5) is 16.6. The maximum absolute atomic E-state index is 12.8. The first-order valence-electron chi connectivity index (χ1n) is 8.04. The smallest absolute Gasteiger partial charge is 0.255 e. The molecule has 1 aliphatic heterocycles. The van der Waals surface area contributed by atoms with Crippen molar-refractivity contribution in [2.75, 3.05) is 27.2 Å². The van der Waals surface area contributed by atoms with E-state index in [0.717, 1.165) is 38.0 Å². The normalized spacial score (nSPS) is 20.1. The Morgan fingerprint density at radius 1 is 1.13 bits per heavy atom. The highest BCUT2D eigenvalue weighted by atomic mass is 16.2. The zero-order chi connectivity index (χ0) is 17.2. The maximum atomic E-state index is 12.8. The van der Waals surface area contributed by atoms with E-state index in [2.05, 4.69) is 18.7 Å². The Kier molecular flexibility index (Phi) is 4.80. The minimum Gasteiger partial charge on any atom is -0.374 e. The first-order valence-corrected chi connectivity index (χ1v) is 8.04. The molecule has 0 aromatic carbocycles. The third-order valence-electron chi connectivity index (χ3n) is 4.52. The molecule has 0 saturated carbocycles. The molecule has 0 aromatic heterocycles. The third kappa shape index (κ3) is 3.40. The van der Waals surface area contributed by atoms with Crippen LogP contribution in [-0.2, 0) is 4.79 Å². The highest BCUT2D eigenvalue weighted by Gasteiger charge is 2.38. The number of likely N-dealkylation sites (tertiary alicyclic amines) is 1. The average Bonchev–Trinajstić information content (AvgIpc) is 3.00. The lowest BCUT2D eigenvalue weighted by atomic mass is 9.72. The summed E-state index contributed by atoms with van der Waals surface area (Å²) in [5.41, 5.74) is 2.21. The van der Waals surface area contributed by atoms with Crippen LogP contribution < -0.4 is 0 Å². The van der Waals surface area contributed by atoms with Gasteiger partial charge in [-0.15, -0.1) is 0 Å². The zero-order valence-electron chi connectivity index (χ0n) is 14.4. The van der Waals surface area contributed by atoms with Crippen molar-refractivity contribution in [3.63, 3.8) is 0 Å². The standard InChI is InChI=1S/C18H24N4O/c1-18(2)9-14(13(11-19)12-20)16(17(23)21(3)4)15(10-18)22-7-5-6-8-22/h5-10H2,1-4H3. The van der Waals surface area contributed by atoms with Gasteiger partial charge in [0.25, 0.3) is 5.91 Å². The average molecular weight is 312 g/mol. The second-order valence-corrected chi connectivity index (χ2v) is 7.31. The molecular weight excluding hydrogens is 288 g/mol. The van der Waals surface area contributed by atoms with Crippen LogP contribution in [-0.4, -0.2) is 42.9 Å². The van der Waals surface area contributed by atoms with Crippen molar-refractivity contribution in [1.82, 2.24) is 9.80 Å². The molecule has 0 aromatic rings. The SMILES string of the molecule is CN(C)C(=O)C1=C(N2CCCC2)CC(C)(C)CC1=C(C#N)C#N. The molecule has 23 heavy (non-hydrogen) atoms. The summed E-state index contributed by atoms with van der Waals surface area (Å²) in [6.07, 6.45) is 3.62. The van der Waals surface area contributed by atoms with Crippen LogP contribution in [0.25, 0.3) is 0 Å². The van der Waals surface area contributed by atoms with Crippen LogP contribution in [0.4, 0.5) is 0 Å². The van der Waals surface area contributed by atoms with Crippen LogP contribution in [0, 0.1) is 28.1 Å². The van der Waals surface area contributed by atoms with E-state index in [1.807, 2.05) is 12.1 Å². The van der Waals surface area contributed by atoms with Gasteiger partial charge in [0.15, 0.2) is 0 Å². The molecule has 2 rings (SSSR count). The number of nitrogens with zero attached hydrogens (tertiary/aromatic N) is 4. The number of allylic oxidation sites excluding steroid dienone is 2. The van der Waals surface area contributed by atoms with Crippen LogP contribution in [0.1, 0.15) is 39.5 Å². The van der Waals surface area contributed by atoms with Gasteiger partial charge in [-0.05, 0) is 36.7 Å². The Morgan fingerprint density at radius 2 is 1.70 bits per heavy atom. The molecule has 5 nitrogen and oxygen atoms in total. The largest absolute Gasteiger partial charge is 0.374 e. The summed E-state index contributed by atoms with van der Waals surface area (Å²) in [7, 11) is 3.43. The van der Waals surface area contributed by atoms with Gasteiger partial charge in [-0.3, -0.25) is 4.79 Å². The van der Waals surface area contributed by atoms with Crippen molar-refractivity contribution < 1.29 is 4.79 Å². The minimum atomic E-state index is -0.111. The molecule has 0 spiro atoms. The van der Waals surface area contributed by atoms with Gasteiger partial charge >= 0.3 is 0 Å². The molecule has 1 amide bonds. The van der Waals surface area contributed by atoms with E-state index in [1.165, 1.54) is 4.90 Å². The van der Waals surface area contributed by atoms with E-state index in [1.54, 1.807) is 14.1 Å². The monoisotopic (exact) mass is 312 g/mol. The van der Waals surface area contributed by atoms with E-state index in [0.29, 0.717) is 17.6 Å². The molecule has 1 fully saturated rings. The quantitative estimate of drug-likeness (QED) is 0.735. The fourth-order valence-corrected chi connectivity index (χ4v) is 3.45. The summed E-state index contributed by atoms with van der Waals surface area (Å²) in [5.74, 6) is -0.111. The fraction of sp³-hybridized carbons (Fsp3) is 0.611. The molecule has 0 unspecified atom stereocenters. The van der Waals surface area contributed by atoms with Gasteiger partial charge in [0.1, 0.15) is 17.7 Å². The molecule has 1 aliphatic carbocycles. The van der Waals surface area contributed by atoms with E-state index in [9.17, 15) is 15.3 Å². The van der Waals surface area contributed by atoms with Crippen LogP contribution in [0.3, 0.4) is 0 Å². The van der Waals surface area contributed by atoms with Crippen molar-refractivity contribution >= 4 is 5.91 Å². The van der Waals surface area contributed by atoms with Gasteiger partial charge in [-0.25, -0.2) is 0 Å². The molecule has 0 bridgehead atoms. The number of likely N-dealkylation sites (N-methyl/N-ethyl adjacent to an activating group) is 1. The highest BCUT2D eigenvalue weighted by molar-refractivity contribution is 5.99. The Balaban J connectivity index is 2.71. The lowest BCUT2D eigenvalue weighted by Gasteiger charge is -2.39. The van der Waals surface area contributed by atoms with Crippen molar-refractivity contribution in [3.8, 4) is 12.1 Å². The molecular formula is C18H24N4O. The topological polar surface area (TPSA) is 71.1 Å². The van der Waals surface area contributed by atoms with E-state index in [-0.39, 0.29) is 16.9 Å². The van der Waals surface area contributed by atoms with Gasteiger partial charge < -0.3 is 9.80 Å². The third-order valence-corrected chi connectivity index (χ3v) is 4.52. The second kappa shape index (κ2) is 6.46. The molecule has 0 radical (unpaired) electrons. The number of carbonyl (C=O) groups excluding carboxylic acids is 1. The first-order chi connectivity index (χ1) is 10.8. The van der Waals surface area contributed by atoms with Gasteiger partial charge in [-0.1, -0.05) is 13.8 Å². The Morgan fingerprint density at radius 3 is 2.17 bits per heavy atom. The minimum absolute atomic E-state index is 0.0672. The van der Waals surface area contributed by atoms with Crippen LogP contribution in [0.2, 0.25) is 0 Å². The predicted molar refractivity (Wildman–Crippen MR) is 87.8 cm³/mol. The molecule has 1 heterocycles.